The zero-order valence-corrected chi connectivity index (χ0v) is 21.6. The molecule has 0 saturated heterocycles. The molecule has 0 unspecified atom stereocenters. The van der Waals surface area contributed by atoms with Crippen LogP contribution in [0.15, 0.2) is 59.2 Å². The lowest BCUT2D eigenvalue weighted by atomic mass is 9.89. The van der Waals surface area contributed by atoms with Gasteiger partial charge in [0.15, 0.2) is 11.6 Å². The summed E-state index contributed by atoms with van der Waals surface area (Å²) in [6.45, 7) is 8.20. The van der Waals surface area contributed by atoms with Crippen molar-refractivity contribution >= 4 is 34.0 Å². The van der Waals surface area contributed by atoms with Crippen LogP contribution in [0.25, 0.3) is 10.9 Å². The fourth-order valence-corrected chi connectivity index (χ4v) is 4.12. The van der Waals surface area contributed by atoms with E-state index in [0.29, 0.717) is 46.6 Å². The van der Waals surface area contributed by atoms with Gasteiger partial charge < -0.3 is 14.8 Å². The van der Waals surface area contributed by atoms with Crippen molar-refractivity contribution in [1.29, 1.82) is 0 Å². The number of hydrogen-bond acceptors (Lipinski definition) is 6. The molecular formula is C29H30FN3O4. The molecular weight excluding hydrogens is 473 g/mol. The van der Waals surface area contributed by atoms with Gasteiger partial charge in [0.2, 0.25) is 5.91 Å². The van der Waals surface area contributed by atoms with E-state index in [2.05, 4.69) is 36.1 Å². The van der Waals surface area contributed by atoms with Gasteiger partial charge in [0.1, 0.15) is 17.3 Å². The number of anilines is 1. The van der Waals surface area contributed by atoms with Crippen molar-refractivity contribution in [3.8, 4) is 17.2 Å². The first-order valence-electron chi connectivity index (χ1n) is 12.0. The molecule has 1 N–H and O–H groups in total. The molecule has 192 valence electrons. The smallest absolute Gasteiger partial charge is 0.221 e. The van der Waals surface area contributed by atoms with Crippen LogP contribution in [-0.2, 0) is 16.0 Å². The number of methoxy groups -OCH3 is 1. The van der Waals surface area contributed by atoms with Gasteiger partial charge in [0, 0.05) is 48.5 Å². The summed E-state index contributed by atoms with van der Waals surface area (Å²) in [6, 6.07) is 9.49. The summed E-state index contributed by atoms with van der Waals surface area (Å²) in [6.07, 6.45) is 3.97. The summed E-state index contributed by atoms with van der Waals surface area (Å²) < 4.78 is 26.2. The van der Waals surface area contributed by atoms with Crippen LogP contribution >= 0.6 is 0 Å². The van der Waals surface area contributed by atoms with Gasteiger partial charge in [-0.15, -0.1) is 0 Å². The molecule has 37 heavy (non-hydrogen) atoms. The highest BCUT2D eigenvalue weighted by molar-refractivity contribution is 6.02. The van der Waals surface area contributed by atoms with Gasteiger partial charge in [0.25, 0.3) is 0 Å². The number of halogens is 1. The van der Waals surface area contributed by atoms with Gasteiger partial charge in [-0.25, -0.2) is 4.39 Å². The van der Waals surface area contributed by atoms with E-state index in [-0.39, 0.29) is 29.3 Å². The molecule has 0 aliphatic carbocycles. The highest BCUT2D eigenvalue weighted by Gasteiger charge is 2.22. The topological polar surface area (TPSA) is 89.9 Å². The largest absolute Gasteiger partial charge is 0.494 e. The van der Waals surface area contributed by atoms with Gasteiger partial charge in [-0.05, 0) is 41.5 Å². The van der Waals surface area contributed by atoms with Crippen LogP contribution in [0.1, 0.15) is 39.7 Å². The summed E-state index contributed by atoms with van der Waals surface area (Å²) in [5.74, 6) is -0.00523. The third kappa shape index (κ3) is 6.20. The first-order chi connectivity index (χ1) is 17.5. The van der Waals surface area contributed by atoms with Crippen LogP contribution in [-0.4, -0.2) is 36.0 Å². The van der Waals surface area contributed by atoms with Gasteiger partial charge in [-0.1, -0.05) is 26.8 Å². The predicted octanol–water partition coefficient (Wildman–Crippen LogP) is 6.06. The molecule has 1 amide bonds. The first-order valence-corrected chi connectivity index (χ1v) is 12.0. The number of nitrogens with one attached hydrogen (secondary N) is 1. The van der Waals surface area contributed by atoms with Crippen molar-refractivity contribution in [2.24, 2.45) is 10.4 Å². The molecule has 0 radical (unpaired) electrons. The highest BCUT2D eigenvalue weighted by Crippen LogP contribution is 2.36. The van der Waals surface area contributed by atoms with E-state index >= 15 is 0 Å². The third-order valence-electron chi connectivity index (χ3n) is 5.94. The van der Waals surface area contributed by atoms with Crippen molar-refractivity contribution in [2.75, 3.05) is 19.0 Å². The lowest BCUT2D eigenvalue weighted by Gasteiger charge is -2.16. The standard InChI is InChI=1S/C29H30FN3O4/c1-17(34)33-24-14-21-23(15-27(24)36-5)31-9-8-25(21)37-26-7-6-18(12-22(26)30)10-20(35)11-19-13-28(32-16-19)29(2,3)4/h6-9,12-15H,10-11,16H2,1-5H3,(H,33,34). The molecule has 2 heterocycles. The Bertz CT molecular complexity index is 1440. The molecule has 8 heteroatoms. The molecule has 4 rings (SSSR count). The Balaban J connectivity index is 1.49. The maximum Gasteiger partial charge on any atom is 0.221 e. The Labute approximate surface area is 215 Å². The van der Waals surface area contributed by atoms with E-state index < -0.39 is 5.82 Å². The number of nitrogens with zero attached hydrogens (tertiary/aromatic N) is 2. The maximum atomic E-state index is 15.0. The van der Waals surface area contributed by atoms with Crippen molar-refractivity contribution in [1.82, 2.24) is 4.98 Å². The minimum atomic E-state index is -0.579. The van der Waals surface area contributed by atoms with Crippen LogP contribution < -0.4 is 14.8 Å². The first kappa shape index (κ1) is 26.0. The van der Waals surface area contributed by atoms with Gasteiger partial charge >= 0.3 is 0 Å². The van der Waals surface area contributed by atoms with E-state index in [9.17, 15) is 14.0 Å². The van der Waals surface area contributed by atoms with E-state index in [1.807, 2.05) is 6.08 Å². The SMILES string of the molecule is COc1cc2nccc(Oc3ccc(CC(=O)CC4=CC(C(C)(C)C)=NC4)cc3F)c2cc1NC(C)=O. The summed E-state index contributed by atoms with van der Waals surface area (Å²) in [4.78, 5) is 33.1. The molecule has 0 fully saturated rings. The molecule has 0 atom stereocenters. The zero-order valence-electron chi connectivity index (χ0n) is 21.6. The average Bonchev–Trinajstić information content (AvgIpc) is 3.29. The molecule has 1 aliphatic rings. The lowest BCUT2D eigenvalue weighted by molar-refractivity contribution is -0.118. The number of rotatable bonds is 8. The zero-order chi connectivity index (χ0) is 26.7. The minimum absolute atomic E-state index is 0.00394. The number of fused-ring (bicyclic) bond motifs is 1. The second kappa shape index (κ2) is 10.5. The quantitative estimate of drug-likeness (QED) is 0.403. The Morgan fingerprint density at radius 1 is 1.05 bits per heavy atom. The van der Waals surface area contributed by atoms with Crippen LogP contribution in [0.4, 0.5) is 10.1 Å². The van der Waals surface area contributed by atoms with Gasteiger partial charge in [-0.2, -0.15) is 0 Å². The third-order valence-corrected chi connectivity index (χ3v) is 5.94. The second-order valence-corrected chi connectivity index (χ2v) is 10.1. The Hall–Kier alpha value is -4.07. The van der Waals surface area contributed by atoms with Crippen molar-refractivity contribution in [3.63, 3.8) is 0 Å². The number of pyridine rings is 1. The fourth-order valence-electron chi connectivity index (χ4n) is 4.12. The molecule has 1 aliphatic heterocycles. The van der Waals surface area contributed by atoms with Crippen LogP contribution in [0.5, 0.6) is 17.2 Å². The summed E-state index contributed by atoms with van der Waals surface area (Å²) in [5.41, 5.74) is 3.51. The molecule has 3 aromatic rings. The number of ketones is 1. The number of ether oxygens (including phenoxy) is 2. The Morgan fingerprint density at radius 3 is 2.49 bits per heavy atom. The summed E-state index contributed by atoms with van der Waals surface area (Å²) >= 11 is 0. The normalized spacial score (nSPS) is 13.2. The van der Waals surface area contributed by atoms with Crippen LogP contribution in [0.3, 0.4) is 0 Å². The average molecular weight is 504 g/mol. The molecule has 2 aromatic carbocycles. The van der Waals surface area contributed by atoms with Crippen molar-refractivity contribution < 1.29 is 23.5 Å². The monoisotopic (exact) mass is 503 g/mol. The summed E-state index contributed by atoms with van der Waals surface area (Å²) in [7, 11) is 1.50. The van der Waals surface area contributed by atoms with E-state index in [1.54, 1.807) is 30.5 Å². The van der Waals surface area contributed by atoms with E-state index in [0.717, 1.165) is 11.3 Å². The number of carbonyl (C=O) groups is 2. The van der Waals surface area contributed by atoms with E-state index in [4.69, 9.17) is 9.47 Å². The van der Waals surface area contributed by atoms with Gasteiger partial charge in [0.05, 0.1) is 24.9 Å². The lowest BCUT2D eigenvalue weighted by Crippen LogP contribution is -2.16. The molecule has 0 saturated carbocycles. The molecule has 7 nitrogen and oxygen atoms in total. The van der Waals surface area contributed by atoms with Crippen LogP contribution in [0, 0.1) is 11.2 Å². The number of Topliss-reactive ketones (excluding diaryl/α,β-unsaturated/α-hetero) is 1. The minimum Gasteiger partial charge on any atom is -0.494 e. The molecule has 1 aromatic heterocycles. The van der Waals surface area contributed by atoms with Crippen LogP contribution in [0.2, 0.25) is 0 Å². The van der Waals surface area contributed by atoms with Gasteiger partial charge in [-0.3, -0.25) is 19.6 Å². The number of amides is 1. The highest BCUT2D eigenvalue weighted by atomic mass is 19.1. The van der Waals surface area contributed by atoms with Crippen molar-refractivity contribution in [2.45, 2.75) is 40.5 Å². The van der Waals surface area contributed by atoms with E-state index in [1.165, 1.54) is 26.2 Å². The Morgan fingerprint density at radius 2 is 1.84 bits per heavy atom. The molecule has 0 bridgehead atoms. The number of carbonyl (C=O) groups excluding carboxylic acids is 2. The summed E-state index contributed by atoms with van der Waals surface area (Å²) in [5, 5.41) is 3.29. The second-order valence-electron chi connectivity index (χ2n) is 10.1. The number of aromatic nitrogens is 1. The number of benzene rings is 2. The fraction of sp³-hybridized carbons (Fsp3) is 0.310. The Kier molecular flexibility index (Phi) is 7.38. The number of hydrogen-bond donors (Lipinski definition) is 1. The van der Waals surface area contributed by atoms with Crippen molar-refractivity contribution in [3.05, 3.63) is 65.6 Å². The molecule has 0 spiro atoms. The number of allylic oxidation sites excluding steroid dienone is 1. The number of aliphatic imine (C=N–C) groups is 1. The maximum absolute atomic E-state index is 15.0. The predicted molar refractivity (Wildman–Crippen MR) is 142 cm³/mol.